The zero-order chi connectivity index (χ0) is 17.2. The number of hydrogen-bond donors (Lipinski definition) is 1. The fraction of sp³-hybridized carbons (Fsp3) is 0.550. The highest BCUT2D eigenvalue weighted by atomic mass is 19.1. The van der Waals surface area contributed by atoms with E-state index in [-0.39, 0.29) is 23.4 Å². The molecule has 2 N–H and O–H groups in total. The zero-order valence-corrected chi connectivity index (χ0v) is 14.6. The van der Waals surface area contributed by atoms with Crippen molar-refractivity contribution in [3.8, 4) is 5.75 Å². The molecule has 130 valence electrons. The summed E-state index contributed by atoms with van der Waals surface area (Å²) in [6, 6.07) is 5.41. The summed E-state index contributed by atoms with van der Waals surface area (Å²) < 4.78 is 20.3. The number of ether oxygens (including phenoxy) is 1. The second-order valence-electron chi connectivity index (χ2n) is 7.05. The van der Waals surface area contributed by atoms with E-state index in [2.05, 4.69) is 18.8 Å². The van der Waals surface area contributed by atoms with Gasteiger partial charge in [-0.25, -0.2) is 4.39 Å². The highest BCUT2D eigenvalue weighted by molar-refractivity contribution is 5.83. The van der Waals surface area contributed by atoms with E-state index >= 15 is 0 Å². The minimum Gasteiger partial charge on any atom is -0.487 e. The number of rotatable bonds is 5. The number of hydrogen-bond acceptors (Lipinski definition) is 3. The lowest BCUT2D eigenvalue weighted by atomic mass is 9.66. The molecule has 1 atom stereocenters. The largest absolute Gasteiger partial charge is 0.487 e. The summed E-state index contributed by atoms with van der Waals surface area (Å²) in [4.78, 5) is 4.03. The zero-order valence-electron chi connectivity index (χ0n) is 14.6. The Morgan fingerprint density at radius 1 is 1.29 bits per heavy atom. The molecule has 24 heavy (non-hydrogen) atoms. The second-order valence-corrected chi connectivity index (χ2v) is 7.05. The molecule has 1 aliphatic carbocycles. The maximum Gasteiger partial charge on any atom is 0.165 e. The molecule has 1 aromatic heterocycles. The lowest BCUT2D eigenvalue weighted by Crippen LogP contribution is -2.45. The van der Waals surface area contributed by atoms with Crippen molar-refractivity contribution in [2.75, 3.05) is 0 Å². The minimum atomic E-state index is -0.312. The third-order valence-electron chi connectivity index (χ3n) is 5.84. The van der Waals surface area contributed by atoms with Gasteiger partial charge in [0, 0.05) is 23.8 Å². The van der Waals surface area contributed by atoms with Crippen LogP contribution >= 0.6 is 0 Å². The fourth-order valence-corrected chi connectivity index (χ4v) is 4.06. The van der Waals surface area contributed by atoms with Gasteiger partial charge in [-0.15, -0.1) is 0 Å². The fourth-order valence-electron chi connectivity index (χ4n) is 4.06. The summed E-state index contributed by atoms with van der Waals surface area (Å²) in [5.74, 6) is 0.0376. The van der Waals surface area contributed by atoms with Crippen LogP contribution in [-0.2, 0) is 0 Å². The van der Waals surface area contributed by atoms with E-state index in [1.807, 2.05) is 6.07 Å². The third kappa shape index (κ3) is 3.25. The van der Waals surface area contributed by atoms with Crippen LogP contribution in [0.3, 0.4) is 0 Å². The molecule has 0 saturated heterocycles. The van der Waals surface area contributed by atoms with Gasteiger partial charge in [-0.05, 0) is 67.5 Å². The summed E-state index contributed by atoms with van der Waals surface area (Å²) >= 11 is 0. The highest BCUT2D eigenvalue weighted by Gasteiger charge is 2.38. The first-order valence-electron chi connectivity index (χ1n) is 9.03. The molecule has 0 radical (unpaired) electrons. The van der Waals surface area contributed by atoms with Crippen LogP contribution in [0.15, 0.2) is 30.6 Å². The molecule has 2 aromatic rings. The van der Waals surface area contributed by atoms with Crippen molar-refractivity contribution < 1.29 is 9.13 Å². The summed E-state index contributed by atoms with van der Waals surface area (Å²) in [7, 11) is 0. The number of fused-ring (bicyclic) bond motifs is 1. The van der Waals surface area contributed by atoms with E-state index in [0.29, 0.717) is 5.75 Å². The van der Waals surface area contributed by atoms with Crippen molar-refractivity contribution in [1.29, 1.82) is 0 Å². The van der Waals surface area contributed by atoms with Gasteiger partial charge in [0.25, 0.3) is 0 Å². The number of halogens is 1. The molecule has 1 saturated carbocycles. The first-order valence-corrected chi connectivity index (χ1v) is 9.03. The Hall–Kier alpha value is -1.68. The van der Waals surface area contributed by atoms with Crippen LogP contribution in [0.2, 0.25) is 0 Å². The number of pyridine rings is 1. The molecule has 3 rings (SSSR count). The Labute approximate surface area is 143 Å². The Bertz CT molecular complexity index is 695. The predicted molar refractivity (Wildman–Crippen MR) is 95.6 cm³/mol. The SMILES string of the molecule is CCC(N)[C@]1(CC)CC[C@H](Oc2cc3ccncc3cc2F)CC1. The van der Waals surface area contributed by atoms with Gasteiger partial charge in [-0.1, -0.05) is 13.8 Å². The molecule has 0 amide bonds. The van der Waals surface area contributed by atoms with Crippen molar-refractivity contribution >= 4 is 10.8 Å². The van der Waals surface area contributed by atoms with Crippen molar-refractivity contribution in [1.82, 2.24) is 4.98 Å². The summed E-state index contributed by atoms with van der Waals surface area (Å²) in [6.45, 7) is 4.39. The molecule has 1 aliphatic rings. The second kappa shape index (κ2) is 7.06. The molecule has 3 nitrogen and oxygen atoms in total. The van der Waals surface area contributed by atoms with Gasteiger partial charge in [-0.2, -0.15) is 0 Å². The topological polar surface area (TPSA) is 48.1 Å². The van der Waals surface area contributed by atoms with Crippen LogP contribution < -0.4 is 10.5 Å². The lowest BCUT2D eigenvalue weighted by Gasteiger charge is -2.43. The number of benzene rings is 1. The van der Waals surface area contributed by atoms with Crippen LogP contribution in [-0.4, -0.2) is 17.1 Å². The van der Waals surface area contributed by atoms with Gasteiger partial charge in [-0.3, -0.25) is 4.98 Å². The Kier molecular flexibility index (Phi) is 5.04. The lowest BCUT2D eigenvalue weighted by molar-refractivity contribution is 0.0549. The van der Waals surface area contributed by atoms with E-state index < -0.39 is 0 Å². The first kappa shape index (κ1) is 17.2. The molecule has 1 unspecified atom stereocenters. The smallest absolute Gasteiger partial charge is 0.165 e. The van der Waals surface area contributed by atoms with Crippen molar-refractivity contribution in [3.63, 3.8) is 0 Å². The van der Waals surface area contributed by atoms with Crippen LogP contribution in [0.25, 0.3) is 10.8 Å². The van der Waals surface area contributed by atoms with Crippen LogP contribution in [0.4, 0.5) is 4.39 Å². The van der Waals surface area contributed by atoms with Gasteiger partial charge in [0.1, 0.15) is 0 Å². The molecule has 1 aromatic carbocycles. The van der Waals surface area contributed by atoms with E-state index in [1.54, 1.807) is 18.5 Å². The van der Waals surface area contributed by atoms with E-state index in [1.165, 1.54) is 6.07 Å². The molecular weight excluding hydrogens is 303 g/mol. The minimum absolute atomic E-state index is 0.0718. The Morgan fingerprint density at radius 2 is 2.04 bits per heavy atom. The maximum atomic E-state index is 14.3. The standard InChI is InChI=1S/C20H27FN2O/c1-3-19(22)20(4-2)8-5-16(6-9-20)24-18-12-14-7-10-23-13-15(14)11-17(18)21/h7,10-13,16,19H,3-6,8-9,22H2,1-2H3/t16-,19?,20+. The van der Waals surface area contributed by atoms with Crippen LogP contribution in [0.1, 0.15) is 52.4 Å². The Morgan fingerprint density at radius 3 is 2.71 bits per heavy atom. The highest BCUT2D eigenvalue weighted by Crippen LogP contribution is 2.43. The molecule has 1 fully saturated rings. The monoisotopic (exact) mass is 330 g/mol. The normalized spacial score (nSPS) is 25.6. The van der Waals surface area contributed by atoms with E-state index in [9.17, 15) is 4.39 Å². The summed E-state index contributed by atoms with van der Waals surface area (Å²) in [6.07, 6.45) is 9.56. The maximum absolute atomic E-state index is 14.3. The molecule has 0 bridgehead atoms. The molecule has 0 aliphatic heterocycles. The van der Waals surface area contributed by atoms with Gasteiger partial charge in [0.15, 0.2) is 11.6 Å². The van der Waals surface area contributed by atoms with Gasteiger partial charge >= 0.3 is 0 Å². The van der Waals surface area contributed by atoms with Gasteiger partial charge in [0.2, 0.25) is 0 Å². The number of nitrogens with two attached hydrogens (primary N) is 1. The van der Waals surface area contributed by atoms with Gasteiger partial charge in [0.05, 0.1) is 6.10 Å². The Balaban J connectivity index is 1.71. The quantitative estimate of drug-likeness (QED) is 0.854. The summed E-state index contributed by atoms with van der Waals surface area (Å²) in [5.41, 5.74) is 6.60. The average Bonchev–Trinajstić information content (AvgIpc) is 2.62. The average molecular weight is 330 g/mol. The molecule has 1 heterocycles. The first-order chi connectivity index (χ1) is 11.6. The van der Waals surface area contributed by atoms with Crippen LogP contribution in [0, 0.1) is 11.2 Å². The van der Waals surface area contributed by atoms with Crippen molar-refractivity contribution in [2.24, 2.45) is 11.1 Å². The predicted octanol–water partition coefficient (Wildman–Crippen LogP) is 4.83. The number of aromatic nitrogens is 1. The number of nitrogens with zero attached hydrogens (tertiary/aromatic N) is 1. The van der Waals surface area contributed by atoms with E-state index in [4.69, 9.17) is 10.5 Å². The van der Waals surface area contributed by atoms with Gasteiger partial charge < -0.3 is 10.5 Å². The van der Waals surface area contributed by atoms with Crippen LogP contribution in [0.5, 0.6) is 5.75 Å². The third-order valence-corrected chi connectivity index (χ3v) is 5.84. The van der Waals surface area contributed by atoms with Crippen molar-refractivity contribution in [2.45, 2.75) is 64.5 Å². The molecule has 4 heteroatoms. The molecular formula is C20H27FN2O. The molecule has 0 spiro atoms. The summed E-state index contributed by atoms with van der Waals surface area (Å²) in [5, 5.41) is 1.75. The van der Waals surface area contributed by atoms with Crippen molar-refractivity contribution in [3.05, 3.63) is 36.4 Å². The van der Waals surface area contributed by atoms with E-state index in [0.717, 1.165) is 49.3 Å².